The Bertz CT molecular complexity index is 784. The van der Waals surface area contributed by atoms with Gasteiger partial charge in [0, 0.05) is 19.0 Å². The van der Waals surface area contributed by atoms with Crippen molar-refractivity contribution in [2.75, 3.05) is 40.4 Å². The standard InChI is InChI=1S/C18H24N2O7S/c1-26-16(21)12-19(13-17(22)27-2)18(23)14-8-10-20(11-9-14)28(24,25)15-6-4-3-5-7-15/h3-7,14H,8-13H2,1-2H3. The van der Waals surface area contributed by atoms with E-state index in [1.807, 2.05) is 0 Å². The van der Waals surface area contributed by atoms with Gasteiger partial charge in [0.2, 0.25) is 15.9 Å². The van der Waals surface area contributed by atoms with E-state index in [9.17, 15) is 22.8 Å². The third-order valence-corrected chi connectivity index (χ3v) is 6.50. The number of rotatable bonds is 7. The number of piperidine rings is 1. The molecule has 1 saturated heterocycles. The van der Waals surface area contributed by atoms with Crippen LogP contribution in [0.25, 0.3) is 0 Å². The number of carbonyl (C=O) groups is 3. The number of ether oxygens (including phenoxy) is 2. The Morgan fingerprint density at radius 1 is 1.00 bits per heavy atom. The van der Waals surface area contributed by atoms with E-state index >= 15 is 0 Å². The lowest BCUT2D eigenvalue weighted by Crippen LogP contribution is -2.47. The lowest BCUT2D eigenvalue weighted by molar-refractivity contribution is -0.154. The van der Waals surface area contributed by atoms with Gasteiger partial charge in [0.25, 0.3) is 0 Å². The molecule has 1 aromatic rings. The molecular weight excluding hydrogens is 388 g/mol. The van der Waals surface area contributed by atoms with Crippen molar-refractivity contribution in [3.8, 4) is 0 Å². The van der Waals surface area contributed by atoms with E-state index in [1.165, 1.54) is 30.7 Å². The summed E-state index contributed by atoms with van der Waals surface area (Å²) in [6.45, 7) is -0.379. The van der Waals surface area contributed by atoms with Crippen LogP contribution in [0.5, 0.6) is 0 Å². The van der Waals surface area contributed by atoms with E-state index in [2.05, 4.69) is 9.47 Å². The molecule has 0 atom stereocenters. The number of benzene rings is 1. The minimum absolute atomic E-state index is 0.178. The van der Waals surface area contributed by atoms with Crippen LogP contribution in [0.3, 0.4) is 0 Å². The van der Waals surface area contributed by atoms with Crippen LogP contribution >= 0.6 is 0 Å². The fourth-order valence-corrected chi connectivity index (χ4v) is 4.49. The highest BCUT2D eigenvalue weighted by Gasteiger charge is 2.34. The van der Waals surface area contributed by atoms with E-state index in [4.69, 9.17) is 0 Å². The predicted molar refractivity (Wildman–Crippen MR) is 98.5 cm³/mol. The highest BCUT2D eigenvalue weighted by atomic mass is 32.2. The van der Waals surface area contributed by atoms with Crippen molar-refractivity contribution in [2.24, 2.45) is 5.92 Å². The molecule has 9 nitrogen and oxygen atoms in total. The summed E-state index contributed by atoms with van der Waals surface area (Å²) in [6.07, 6.45) is 0.591. The number of carbonyl (C=O) groups excluding carboxylic acids is 3. The van der Waals surface area contributed by atoms with Gasteiger partial charge in [0.1, 0.15) is 13.1 Å². The van der Waals surface area contributed by atoms with Crippen LogP contribution in [0.1, 0.15) is 12.8 Å². The first-order valence-electron chi connectivity index (χ1n) is 8.77. The Kier molecular flexibility index (Phi) is 7.53. The van der Waals surface area contributed by atoms with Gasteiger partial charge >= 0.3 is 11.9 Å². The molecule has 10 heteroatoms. The van der Waals surface area contributed by atoms with Crippen LogP contribution in [0.4, 0.5) is 0 Å². The zero-order chi connectivity index (χ0) is 20.7. The molecule has 0 aromatic heterocycles. The number of sulfonamides is 1. The Morgan fingerprint density at radius 3 is 1.96 bits per heavy atom. The van der Waals surface area contributed by atoms with Crippen molar-refractivity contribution < 1.29 is 32.3 Å². The Balaban J connectivity index is 2.04. The van der Waals surface area contributed by atoms with Gasteiger partial charge < -0.3 is 14.4 Å². The van der Waals surface area contributed by atoms with E-state index < -0.39 is 33.8 Å². The van der Waals surface area contributed by atoms with Crippen molar-refractivity contribution in [2.45, 2.75) is 17.7 Å². The molecular formula is C18H24N2O7S. The summed E-state index contributed by atoms with van der Waals surface area (Å²) in [5, 5.41) is 0. The van der Waals surface area contributed by atoms with Crippen LogP contribution in [-0.2, 0) is 33.9 Å². The topological polar surface area (TPSA) is 110 Å². The average Bonchev–Trinajstić information content (AvgIpc) is 2.73. The summed E-state index contributed by atoms with van der Waals surface area (Å²) in [4.78, 5) is 37.2. The fraction of sp³-hybridized carbons (Fsp3) is 0.500. The predicted octanol–water partition coefficient (Wildman–Crippen LogP) is 0.262. The molecule has 1 heterocycles. The molecule has 1 aliphatic rings. The van der Waals surface area contributed by atoms with E-state index in [1.54, 1.807) is 18.2 Å². The van der Waals surface area contributed by atoms with Gasteiger partial charge in [0.05, 0.1) is 19.1 Å². The lowest BCUT2D eigenvalue weighted by atomic mass is 9.96. The summed E-state index contributed by atoms with van der Waals surface area (Å²) < 4.78 is 35.8. The zero-order valence-corrected chi connectivity index (χ0v) is 16.7. The van der Waals surface area contributed by atoms with Gasteiger partial charge in [-0.2, -0.15) is 4.31 Å². The molecule has 1 aromatic carbocycles. The van der Waals surface area contributed by atoms with Crippen LogP contribution in [0, 0.1) is 5.92 Å². The first-order chi connectivity index (χ1) is 13.3. The molecule has 0 saturated carbocycles. The Labute approximate surface area is 164 Å². The third kappa shape index (κ3) is 5.29. The molecule has 1 aliphatic heterocycles. The summed E-state index contributed by atoms with van der Waals surface area (Å²) in [7, 11) is -1.24. The summed E-state index contributed by atoms with van der Waals surface area (Å²) >= 11 is 0. The third-order valence-electron chi connectivity index (χ3n) is 4.59. The Hall–Kier alpha value is -2.46. The molecule has 0 unspecified atom stereocenters. The quantitative estimate of drug-likeness (QED) is 0.591. The number of nitrogens with zero attached hydrogens (tertiary/aromatic N) is 2. The maximum absolute atomic E-state index is 12.8. The average molecular weight is 412 g/mol. The minimum atomic E-state index is -3.62. The second kappa shape index (κ2) is 9.65. The molecule has 1 amide bonds. The van der Waals surface area contributed by atoms with Gasteiger partial charge in [-0.05, 0) is 25.0 Å². The van der Waals surface area contributed by atoms with Crippen molar-refractivity contribution in [3.05, 3.63) is 30.3 Å². The van der Waals surface area contributed by atoms with Crippen molar-refractivity contribution in [1.29, 1.82) is 0 Å². The van der Waals surface area contributed by atoms with Crippen LogP contribution in [-0.4, -0.2) is 75.9 Å². The van der Waals surface area contributed by atoms with E-state index in [-0.39, 0.29) is 31.1 Å². The van der Waals surface area contributed by atoms with Gasteiger partial charge in [-0.15, -0.1) is 0 Å². The second-order valence-corrected chi connectivity index (χ2v) is 8.28. The smallest absolute Gasteiger partial charge is 0.325 e. The molecule has 154 valence electrons. The van der Waals surface area contributed by atoms with Crippen LogP contribution < -0.4 is 0 Å². The summed E-state index contributed by atoms with van der Waals surface area (Å²) in [5.74, 6) is -2.19. The molecule has 28 heavy (non-hydrogen) atoms. The summed E-state index contributed by atoms with van der Waals surface area (Å²) in [6, 6.07) is 8.10. The minimum Gasteiger partial charge on any atom is -0.468 e. The molecule has 1 fully saturated rings. The molecule has 0 N–H and O–H groups in total. The second-order valence-electron chi connectivity index (χ2n) is 6.34. The Morgan fingerprint density at radius 2 is 1.50 bits per heavy atom. The van der Waals surface area contributed by atoms with E-state index in [0.29, 0.717) is 12.8 Å². The molecule has 0 bridgehead atoms. The highest BCUT2D eigenvalue weighted by molar-refractivity contribution is 7.89. The largest absolute Gasteiger partial charge is 0.468 e. The highest BCUT2D eigenvalue weighted by Crippen LogP contribution is 2.25. The number of methoxy groups -OCH3 is 2. The normalized spacial score (nSPS) is 15.6. The van der Waals surface area contributed by atoms with Crippen molar-refractivity contribution in [3.63, 3.8) is 0 Å². The molecule has 0 radical (unpaired) electrons. The molecule has 0 spiro atoms. The van der Waals surface area contributed by atoms with Gasteiger partial charge in [-0.1, -0.05) is 18.2 Å². The van der Waals surface area contributed by atoms with Crippen LogP contribution in [0.2, 0.25) is 0 Å². The van der Waals surface area contributed by atoms with Gasteiger partial charge in [-0.3, -0.25) is 14.4 Å². The first kappa shape index (κ1) is 21.8. The fourth-order valence-electron chi connectivity index (χ4n) is 3.00. The SMILES string of the molecule is COC(=O)CN(CC(=O)OC)C(=O)C1CCN(S(=O)(=O)c2ccccc2)CC1. The number of esters is 2. The van der Waals surface area contributed by atoms with Crippen molar-refractivity contribution >= 4 is 27.9 Å². The van der Waals surface area contributed by atoms with Crippen molar-refractivity contribution in [1.82, 2.24) is 9.21 Å². The van der Waals surface area contributed by atoms with Crippen LogP contribution in [0.15, 0.2) is 35.2 Å². The first-order valence-corrected chi connectivity index (χ1v) is 10.2. The number of hydrogen-bond acceptors (Lipinski definition) is 7. The van der Waals surface area contributed by atoms with E-state index in [0.717, 1.165) is 4.90 Å². The van der Waals surface area contributed by atoms with Gasteiger partial charge in [0.15, 0.2) is 0 Å². The zero-order valence-electron chi connectivity index (χ0n) is 15.9. The maximum Gasteiger partial charge on any atom is 0.325 e. The maximum atomic E-state index is 12.8. The molecule has 0 aliphatic carbocycles. The monoisotopic (exact) mass is 412 g/mol. The number of hydrogen-bond donors (Lipinski definition) is 0. The summed E-state index contributed by atoms with van der Waals surface area (Å²) in [5.41, 5.74) is 0. The lowest BCUT2D eigenvalue weighted by Gasteiger charge is -2.33. The van der Waals surface area contributed by atoms with Gasteiger partial charge in [-0.25, -0.2) is 8.42 Å². The molecule has 2 rings (SSSR count). The number of amides is 1.